The largest absolute Gasteiger partial charge is 0.541 e. The molecule has 15 nitrogen and oxygen atoms in total. The zero-order valence-corrected chi connectivity index (χ0v) is 61.8. The summed E-state index contributed by atoms with van der Waals surface area (Å²) < 4.78 is 26.4. The monoisotopic (exact) mass is 1410 g/mol. The van der Waals surface area contributed by atoms with Crippen LogP contribution in [0.25, 0.3) is 0 Å². The maximum Gasteiger partial charge on any atom is 0.326 e. The Balaban J connectivity index is -0.000000259. The Labute approximate surface area is 538 Å². The average Bonchev–Trinajstić information content (AvgIpc) is 3.90. The second-order valence-electron chi connectivity index (χ2n) is 23.5. The smallest absolute Gasteiger partial charge is 0.326 e. The van der Waals surface area contributed by atoms with Crippen LogP contribution in [0.15, 0.2) is 67.4 Å². The molecule has 2 saturated heterocycles. The van der Waals surface area contributed by atoms with Crippen molar-refractivity contribution in [2.75, 3.05) is 72.5 Å². The molecule has 2 heterocycles. The number of carbonyl (C=O) groups excluding carboxylic acids is 6. The minimum Gasteiger partial charge on any atom is -0.541 e. The van der Waals surface area contributed by atoms with E-state index in [1.807, 2.05) is 84.0 Å². The third-order valence-corrected chi connectivity index (χ3v) is 10.6. The summed E-state index contributed by atoms with van der Waals surface area (Å²) in [4.78, 5) is 77.6. The van der Waals surface area contributed by atoms with Gasteiger partial charge >= 0.3 is 5.97 Å². The molecule has 2 aromatic rings. The van der Waals surface area contributed by atoms with Crippen LogP contribution in [-0.4, -0.2) is 149 Å². The van der Waals surface area contributed by atoms with Gasteiger partial charge in [0.15, 0.2) is 11.9 Å². The maximum atomic E-state index is 13.0. The molecule has 0 N–H and O–H groups in total. The average molecular weight is 1410 g/mol. The van der Waals surface area contributed by atoms with E-state index in [1.54, 1.807) is 21.0 Å². The minimum absolute atomic E-state index is 0. The number of rotatable bonds is 23. The molecular weight excluding hydrogens is 1290 g/mol. The first-order chi connectivity index (χ1) is 38.9. The Morgan fingerprint density at radius 3 is 1.56 bits per heavy atom. The summed E-state index contributed by atoms with van der Waals surface area (Å²) in [5.74, 6) is 1.79. The minimum atomic E-state index is -0.894. The summed E-state index contributed by atoms with van der Waals surface area (Å²) in [5.41, 5.74) is 3.17. The van der Waals surface area contributed by atoms with Crippen LogP contribution in [0.4, 0.5) is 5.69 Å². The molecule has 1 spiro atoms. The van der Waals surface area contributed by atoms with Crippen molar-refractivity contribution < 1.29 is 83.6 Å². The molecule has 4 rings (SSSR count). The van der Waals surface area contributed by atoms with E-state index in [0.29, 0.717) is 32.0 Å². The van der Waals surface area contributed by atoms with Crippen LogP contribution in [0, 0.1) is 67.3 Å². The van der Waals surface area contributed by atoms with Crippen molar-refractivity contribution in [3.05, 3.63) is 85.2 Å². The molecule has 2 aliphatic heterocycles. The number of hydrogen-bond acceptors (Lipinski definition) is 12. The number of amides is 3. The number of esters is 1. The van der Waals surface area contributed by atoms with Gasteiger partial charge in [-0.15, -0.1) is 0 Å². The number of benzene rings is 2. The van der Waals surface area contributed by atoms with Gasteiger partial charge in [0.25, 0.3) is 5.91 Å². The maximum absolute atomic E-state index is 13.0. The van der Waals surface area contributed by atoms with Gasteiger partial charge in [-0.2, -0.15) is 6.61 Å². The number of likely N-dealkylation sites (N-methyl/N-ethyl adjacent to an activating group) is 3. The molecule has 2 fully saturated rings. The summed E-state index contributed by atoms with van der Waals surface area (Å²) in [5, 5.41) is 0. The fourth-order valence-electron chi connectivity index (χ4n) is 6.58. The van der Waals surface area contributed by atoms with E-state index in [9.17, 15) is 28.8 Å². The zero-order chi connectivity index (χ0) is 65.3. The first kappa shape index (κ1) is 91.1. The fourth-order valence-corrected chi connectivity index (χ4v) is 6.58. The Morgan fingerprint density at radius 1 is 0.714 bits per heavy atom. The van der Waals surface area contributed by atoms with Crippen molar-refractivity contribution in [2.24, 2.45) is 29.6 Å². The molecule has 2 aromatic carbocycles. The Kier molecular flexibility index (Phi) is 61.5. The summed E-state index contributed by atoms with van der Waals surface area (Å²) in [6.45, 7) is 51.0. The third-order valence-electron chi connectivity index (χ3n) is 10.6. The topological polar surface area (TPSA) is 162 Å². The number of methoxy groups -OCH3 is 1. The molecule has 0 radical (unpaired) electrons. The Bertz CT molecular complexity index is 1880. The van der Waals surface area contributed by atoms with Gasteiger partial charge < -0.3 is 48.1 Å². The normalized spacial score (nSPS) is 13.4. The Morgan fingerprint density at radius 2 is 1.18 bits per heavy atom. The fraction of sp³-hybridized carbons (Fsp3) is 0.691. The van der Waals surface area contributed by atoms with E-state index < -0.39 is 24.3 Å². The molecule has 4 atom stereocenters. The number of ketones is 1. The molecule has 0 aliphatic carbocycles. The van der Waals surface area contributed by atoms with Crippen molar-refractivity contribution in [3.63, 3.8) is 0 Å². The standard InChI is InChI=1S/C26H38N2O6.C16H21N2O4.C5H10O.4C4H10.C3H8.C2H6.U/c1-6-18(2)24(30)22(34-23(29)15-27(4)25(31)19(3)32-5)14-20-8-10-21(11-9-20)28-13-7-12-26(28)16-33-17-26;1-17(13-20)9-11-22-15(16(21)18(2)8-10-19)12-14-6-4-3-5-7-14;1-4-6-5(2)3;4*1-4(2)3;1-3-2;1-2;/h8-11,18-19,22H,6-7,12-17H2,1-5H3;3-7,10-11,13,15H,8-9,12H2,1-2H3;4-5H,1H2,2-3H3;4*4H,1-3H3;3H2,1-2H3;1-2H3;/q;-1;;;;;;;;. The van der Waals surface area contributed by atoms with Gasteiger partial charge in [0.05, 0.1) is 37.7 Å². The number of hydrogen-bond donors (Lipinski definition) is 0. The summed E-state index contributed by atoms with van der Waals surface area (Å²) in [6.07, 6.45) is 5.70. The number of Topliss-reactive ketones (excluding diaryl/α,β-unsaturated/α-hetero) is 1. The van der Waals surface area contributed by atoms with E-state index in [-0.39, 0.29) is 85.9 Å². The second-order valence-corrected chi connectivity index (χ2v) is 23.5. The van der Waals surface area contributed by atoms with Gasteiger partial charge in [0.1, 0.15) is 25.0 Å². The molecule has 2 aliphatic rings. The molecule has 4 unspecified atom stereocenters. The van der Waals surface area contributed by atoms with E-state index in [4.69, 9.17) is 23.7 Å². The SMILES string of the molecule is C=COC(C)C.CC.CC(C)C.CC(C)C.CC(C)C.CC(C)C.CCC.CCC(C)C(=O)C(Cc1ccc(N2CCCC23COC3)cc1)OC(=O)CN(C)C(=O)C(C)OC.CN(C=O)C[CH-]OC(Cc1ccccc1)C(=O)N(C)CC=O.[U]. The van der Waals surface area contributed by atoms with Crippen LogP contribution in [0.5, 0.6) is 0 Å². The van der Waals surface area contributed by atoms with Crippen molar-refractivity contribution in [2.45, 2.75) is 214 Å². The molecule has 16 heteroatoms. The Hall–Kier alpha value is -4.07. The molecule has 0 aromatic heterocycles. The van der Waals surface area contributed by atoms with E-state index in [2.05, 4.69) is 121 Å². The van der Waals surface area contributed by atoms with Crippen molar-refractivity contribution >= 4 is 42.0 Å². The number of carbonyl (C=O) groups is 6. The zero-order valence-electron chi connectivity index (χ0n) is 57.7. The predicted molar refractivity (Wildman–Crippen MR) is 346 cm³/mol. The molecular formula is C68H123N4O11U-. The van der Waals surface area contributed by atoms with Crippen molar-refractivity contribution in [3.8, 4) is 0 Å². The summed E-state index contributed by atoms with van der Waals surface area (Å²) in [6, 6.07) is 17.6. The number of ether oxygens (including phenoxy) is 5. The van der Waals surface area contributed by atoms with Crippen LogP contribution in [-0.2, 0) is 65.3 Å². The van der Waals surface area contributed by atoms with Gasteiger partial charge in [-0.25, -0.2) is 0 Å². The van der Waals surface area contributed by atoms with Gasteiger partial charge in [0, 0.05) is 90.4 Å². The molecule has 84 heavy (non-hydrogen) atoms. The van der Waals surface area contributed by atoms with Crippen molar-refractivity contribution in [1.29, 1.82) is 0 Å². The number of anilines is 1. The van der Waals surface area contributed by atoms with E-state index in [1.165, 1.54) is 48.1 Å². The summed E-state index contributed by atoms with van der Waals surface area (Å²) >= 11 is 0. The van der Waals surface area contributed by atoms with Gasteiger partial charge in [0.2, 0.25) is 12.3 Å². The van der Waals surface area contributed by atoms with Crippen LogP contribution >= 0.6 is 0 Å². The molecule has 486 valence electrons. The summed E-state index contributed by atoms with van der Waals surface area (Å²) in [7, 11) is 6.11. The molecule has 0 saturated carbocycles. The van der Waals surface area contributed by atoms with E-state index in [0.717, 1.165) is 73.1 Å². The number of aldehydes is 1. The number of nitrogens with zero attached hydrogens (tertiary/aromatic N) is 4. The van der Waals surface area contributed by atoms with Gasteiger partial charge in [-0.05, 0) is 87.0 Å². The predicted octanol–water partition coefficient (Wildman–Crippen LogP) is 13.8. The van der Waals surface area contributed by atoms with Crippen LogP contribution in [0.3, 0.4) is 0 Å². The molecule has 0 bridgehead atoms. The van der Waals surface area contributed by atoms with E-state index >= 15 is 0 Å². The van der Waals surface area contributed by atoms with Gasteiger partial charge in [-0.1, -0.05) is 187 Å². The van der Waals surface area contributed by atoms with Crippen molar-refractivity contribution in [1.82, 2.24) is 14.7 Å². The van der Waals surface area contributed by atoms with Crippen LogP contribution < -0.4 is 4.90 Å². The van der Waals surface area contributed by atoms with Crippen LogP contribution in [0.2, 0.25) is 0 Å². The first-order valence-corrected chi connectivity index (χ1v) is 30.5. The first-order valence-electron chi connectivity index (χ1n) is 30.5. The third kappa shape index (κ3) is 49.1. The second kappa shape index (κ2) is 56.7. The van der Waals surface area contributed by atoms with Gasteiger partial charge in [-0.3, -0.25) is 24.0 Å². The van der Waals surface area contributed by atoms with Crippen LogP contribution in [0.1, 0.15) is 182 Å². The molecule has 3 amide bonds. The quantitative estimate of drug-likeness (QED) is 0.0449.